The lowest BCUT2D eigenvalue weighted by Gasteiger charge is -2.20. The van der Waals surface area contributed by atoms with Crippen LogP contribution < -0.4 is 10.2 Å². The van der Waals surface area contributed by atoms with Gasteiger partial charge in [0.15, 0.2) is 0 Å². The number of alkyl halides is 2. The summed E-state index contributed by atoms with van der Waals surface area (Å²) in [7, 11) is 1.65. The minimum absolute atomic E-state index is 0.319. The van der Waals surface area contributed by atoms with E-state index in [2.05, 4.69) is 24.1 Å². The molecule has 21 heavy (non-hydrogen) atoms. The zero-order valence-corrected chi connectivity index (χ0v) is 12.6. The molecule has 0 atom stereocenters. The second-order valence-electron chi connectivity index (χ2n) is 5.46. The van der Waals surface area contributed by atoms with Gasteiger partial charge in [0.2, 0.25) is 0 Å². The van der Waals surface area contributed by atoms with Crippen molar-refractivity contribution in [1.82, 2.24) is 10.3 Å². The van der Waals surface area contributed by atoms with E-state index in [-0.39, 0.29) is 6.54 Å². The summed E-state index contributed by atoms with van der Waals surface area (Å²) in [4.78, 5) is 5.90. The predicted octanol–water partition coefficient (Wildman–Crippen LogP) is 3.43. The summed E-state index contributed by atoms with van der Waals surface area (Å²) in [6.07, 6.45) is -0.604. The van der Waals surface area contributed by atoms with Crippen molar-refractivity contribution in [2.75, 3.05) is 18.5 Å². The number of aromatic nitrogens is 1. The van der Waals surface area contributed by atoms with Gasteiger partial charge in [-0.15, -0.1) is 0 Å². The van der Waals surface area contributed by atoms with Gasteiger partial charge in [-0.05, 0) is 10.9 Å². The Labute approximate surface area is 124 Å². The van der Waals surface area contributed by atoms with Gasteiger partial charge in [-0.25, -0.2) is 13.8 Å². The molecule has 1 aromatic carbocycles. The highest BCUT2D eigenvalue weighted by atomic mass is 19.3. The Balaban J connectivity index is 2.39. The van der Waals surface area contributed by atoms with E-state index in [9.17, 15) is 8.78 Å². The van der Waals surface area contributed by atoms with Gasteiger partial charge >= 0.3 is 0 Å². The Hall–Kier alpha value is -1.75. The molecule has 0 aliphatic carbocycles. The van der Waals surface area contributed by atoms with Crippen molar-refractivity contribution in [3.63, 3.8) is 0 Å². The molecule has 0 fully saturated rings. The van der Waals surface area contributed by atoms with E-state index in [0.29, 0.717) is 18.4 Å². The zero-order valence-electron chi connectivity index (χ0n) is 12.6. The maximum absolute atomic E-state index is 12.6. The highest BCUT2D eigenvalue weighted by molar-refractivity contribution is 5.94. The summed E-state index contributed by atoms with van der Waals surface area (Å²) >= 11 is 0. The molecule has 114 valence electrons. The summed E-state index contributed by atoms with van der Waals surface area (Å²) in [6, 6.07) is 8.18. The molecule has 2 aromatic rings. The van der Waals surface area contributed by atoms with Crippen molar-refractivity contribution in [2.24, 2.45) is 0 Å². The first-order valence-electron chi connectivity index (χ1n) is 7.08. The smallest absolute Gasteiger partial charge is 0.255 e. The van der Waals surface area contributed by atoms with Crippen LogP contribution in [0.5, 0.6) is 0 Å². The van der Waals surface area contributed by atoms with Crippen LogP contribution in [0.15, 0.2) is 30.5 Å². The van der Waals surface area contributed by atoms with Crippen LogP contribution in [0.3, 0.4) is 0 Å². The van der Waals surface area contributed by atoms with Gasteiger partial charge in [-0.2, -0.15) is 0 Å². The largest absolute Gasteiger partial charge is 0.353 e. The molecule has 0 saturated heterocycles. The Bertz CT molecular complexity index is 599. The number of benzene rings is 1. The Kier molecular flexibility index (Phi) is 5.07. The van der Waals surface area contributed by atoms with Crippen LogP contribution in [0.4, 0.5) is 14.6 Å². The molecule has 5 heteroatoms. The van der Waals surface area contributed by atoms with Gasteiger partial charge in [-0.1, -0.05) is 38.1 Å². The van der Waals surface area contributed by atoms with Crippen LogP contribution >= 0.6 is 0 Å². The minimum Gasteiger partial charge on any atom is -0.353 e. The molecule has 1 N–H and O–H groups in total. The number of hydrogen-bond acceptors (Lipinski definition) is 3. The number of pyridine rings is 1. The fourth-order valence-electron chi connectivity index (χ4n) is 2.29. The highest BCUT2D eigenvalue weighted by Gasteiger charge is 2.14. The topological polar surface area (TPSA) is 28.2 Å². The van der Waals surface area contributed by atoms with Gasteiger partial charge in [0, 0.05) is 31.2 Å². The molecule has 0 unspecified atom stereocenters. The molecule has 0 aliphatic rings. The third kappa shape index (κ3) is 3.88. The van der Waals surface area contributed by atoms with Crippen LogP contribution in [0, 0.1) is 0 Å². The first-order chi connectivity index (χ1) is 9.99. The molecule has 3 nitrogen and oxygen atoms in total. The normalized spacial score (nSPS) is 11.6. The summed E-state index contributed by atoms with van der Waals surface area (Å²) < 4.78 is 25.2. The van der Waals surface area contributed by atoms with Gasteiger partial charge in [0.05, 0.1) is 6.54 Å². The fraction of sp³-hybridized carbons (Fsp3) is 0.438. The number of hydrogen-bond donors (Lipinski definition) is 1. The molecule has 0 radical (unpaired) electrons. The predicted molar refractivity (Wildman–Crippen MR) is 83.0 cm³/mol. The van der Waals surface area contributed by atoms with E-state index in [0.717, 1.165) is 16.3 Å². The van der Waals surface area contributed by atoms with Crippen molar-refractivity contribution in [3.8, 4) is 0 Å². The molecule has 0 spiro atoms. The summed E-state index contributed by atoms with van der Waals surface area (Å²) in [6.45, 7) is 4.56. The number of nitrogens with one attached hydrogen (secondary N) is 1. The lowest BCUT2D eigenvalue weighted by atomic mass is 10.1. The first-order valence-corrected chi connectivity index (χ1v) is 7.08. The Morgan fingerprint density at radius 3 is 2.48 bits per heavy atom. The van der Waals surface area contributed by atoms with Crippen LogP contribution in [-0.2, 0) is 6.54 Å². The van der Waals surface area contributed by atoms with Gasteiger partial charge < -0.3 is 10.2 Å². The number of fused-ring (bicyclic) bond motifs is 1. The van der Waals surface area contributed by atoms with E-state index in [4.69, 9.17) is 0 Å². The molecule has 2 rings (SSSR count). The molecular formula is C16H21F2N3. The molecule has 1 heterocycles. The maximum atomic E-state index is 12.6. The molecular weight excluding hydrogens is 272 g/mol. The summed E-state index contributed by atoms with van der Waals surface area (Å²) in [5.74, 6) is 0.596. The number of anilines is 1. The first kappa shape index (κ1) is 15.6. The lowest BCUT2D eigenvalue weighted by Crippen LogP contribution is -2.26. The SMILES string of the molecule is CC(C)NCc1cnc(N(C)CC(F)F)c2ccccc12. The van der Waals surface area contributed by atoms with Crippen LogP contribution in [-0.4, -0.2) is 31.0 Å². The summed E-state index contributed by atoms with van der Waals surface area (Å²) in [5.41, 5.74) is 1.08. The number of halogens is 2. The fourth-order valence-corrected chi connectivity index (χ4v) is 2.29. The van der Waals surface area contributed by atoms with Gasteiger partial charge in [0.1, 0.15) is 5.82 Å². The van der Waals surface area contributed by atoms with Crippen LogP contribution in [0.2, 0.25) is 0 Å². The van der Waals surface area contributed by atoms with Crippen LogP contribution in [0.1, 0.15) is 19.4 Å². The minimum atomic E-state index is -2.38. The third-order valence-corrected chi connectivity index (χ3v) is 3.33. The maximum Gasteiger partial charge on any atom is 0.255 e. The third-order valence-electron chi connectivity index (χ3n) is 3.33. The van der Waals surface area contributed by atoms with E-state index >= 15 is 0 Å². The Morgan fingerprint density at radius 1 is 1.19 bits per heavy atom. The highest BCUT2D eigenvalue weighted by Crippen LogP contribution is 2.27. The molecule has 0 aliphatic heterocycles. The lowest BCUT2D eigenvalue weighted by molar-refractivity contribution is 0.156. The Morgan fingerprint density at radius 2 is 1.86 bits per heavy atom. The van der Waals surface area contributed by atoms with Crippen molar-refractivity contribution in [2.45, 2.75) is 32.9 Å². The van der Waals surface area contributed by atoms with E-state index in [1.54, 1.807) is 13.2 Å². The van der Waals surface area contributed by atoms with Crippen molar-refractivity contribution < 1.29 is 8.78 Å². The second-order valence-corrected chi connectivity index (χ2v) is 5.46. The zero-order chi connectivity index (χ0) is 15.4. The van der Waals surface area contributed by atoms with Crippen LogP contribution in [0.25, 0.3) is 10.8 Å². The van der Waals surface area contributed by atoms with Gasteiger partial charge in [0.25, 0.3) is 6.43 Å². The standard InChI is InChI=1S/C16H21F2N3/c1-11(2)19-8-12-9-20-16(21(3)10-15(17)18)14-7-5-4-6-13(12)14/h4-7,9,11,15,19H,8,10H2,1-3H3. The number of rotatable bonds is 6. The van der Waals surface area contributed by atoms with Crippen molar-refractivity contribution in [3.05, 3.63) is 36.0 Å². The monoisotopic (exact) mass is 293 g/mol. The summed E-state index contributed by atoms with van der Waals surface area (Å²) in [5, 5.41) is 5.32. The quantitative estimate of drug-likeness (QED) is 0.884. The molecule has 0 bridgehead atoms. The van der Waals surface area contributed by atoms with Crippen molar-refractivity contribution in [1.29, 1.82) is 0 Å². The van der Waals surface area contributed by atoms with E-state index in [1.165, 1.54) is 4.90 Å². The average molecular weight is 293 g/mol. The van der Waals surface area contributed by atoms with E-state index in [1.807, 2.05) is 24.3 Å². The van der Waals surface area contributed by atoms with Crippen molar-refractivity contribution >= 4 is 16.6 Å². The number of nitrogens with zero attached hydrogens (tertiary/aromatic N) is 2. The molecule has 0 saturated carbocycles. The van der Waals surface area contributed by atoms with Gasteiger partial charge in [-0.3, -0.25) is 0 Å². The molecule has 0 amide bonds. The molecule has 1 aromatic heterocycles. The average Bonchev–Trinajstić information content (AvgIpc) is 2.43. The van der Waals surface area contributed by atoms with E-state index < -0.39 is 6.43 Å². The second kappa shape index (κ2) is 6.80.